The first-order chi connectivity index (χ1) is 17.4. The minimum atomic E-state index is -1.18. The van der Waals surface area contributed by atoms with E-state index in [-0.39, 0.29) is 11.8 Å². The second kappa shape index (κ2) is 9.16. The zero-order chi connectivity index (χ0) is 25.6. The maximum absolute atomic E-state index is 13.8. The van der Waals surface area contributed by atoms with Gasteiger partial charge in [0, 0.05) is 29.1 Å². The monoisotopic (exact) mass is 509 g/mol. The number of methoxy groups -OCH3 is 3. The third-order valence-corrected chi connectivity index (χ3v) is 6.86. The summed E-state index contributed by atoms with van der Waals surface area (Å²) in [5.41, 5.74) is 2.87. The van der Waals surface area contributed by atoms with Crippen molar-refractivity contribution in [1.82, 2.24) is 4.98 Å². The predicted molar refractivity (Wildman–Crippen MR) is 139 cm³/mol. The Labute approximate surface area is 211 Å². The van der Waals surface area contributed by atoms with E-state index in [9.17, 15) is 14.7 Å². The van der Waals surface area contributed by atoms with Crippen molar-refractivity contribution in [3.05, 3.63) is 53.7 Å². The van der Waals surface area contributed by atoms with E-state index in [1.165, 1.54) is 21.3 Å². The fourth-order valence-electron chi connectivity index (χ4n) is 4.99. The zero-order valence-corrected chi connectivity index (χ0v) is 20.6. The molecule has 1 atom stereocenters. The molecule has 0 saturated carbocycles. The topological polar surface area (TPSA) is 113 Å². The summed E-state index contributed by atoms with van der Waals surface area (Å²) >= 11 is 6.35. The lowest BCUT2D eigenvalue weighted by Gasteiger charge is -2.18. The highest BCUT2D eigenvalue weighted by Gasteiger charge is 2.35. The number of aromatic nitrogens is 1. The number of carboxylic acid groups (broad SMARTS) is 1. The van der Waals surface area contributed by atoms with Gasteiger partial charge in [0.2, 0.25) is 5.75 Å². The maximum atomic E-state index is 13.8. The Morgan fingerprint density at radius 2 is 1.81 bits per heavy atom. The molecule has 9 nitrogen and oxygen atoms in total. The Morgan fingerprint density at radius 3 is 2.44 bits per heavy atom. The lowest BCUT2D eigenvalue weighted by Crippen LogP contribution is -2.30. The highest BCUT2D eigenvalue weighted by atomic mass is 35.5. The first-order valence-electron chi connectivity index (χ1n) is 11.2. The summed E-state index contributed by atoms with van der Waals surface area (Å²) in [5, 5.41) is 14.2. The molecule has 2 amide bonds. The van der Waals surface area contributed by atoms with E-state index < -0.39 is 6.09 Å². The highest BCUT2D eigenvalue weighted by Crippen LogP contribution is 2.46. The number of carbonyl (C=O) groups is 2. The number of hydrogen-bond donors (Lipinski definition) is 3. The van der Waals surface area contributed by atoms with Crippen molar-refractivity contribution in [3.8, 4) is 17.2 Å². The zero-order valence-electron chi connectivity index (χ0n) is 19.8. The number of benzene rings is 3. The van der Waals surface area contributed by atoms with Crippen LogP contribution in [0.2, 0.25) is 0 Å². The van der Waals surface area contributed by atoms with Crippen molar-refractivity contribution in [3.63, 3.8) is 0 Å². The molecule has 36 heavy (non-hydrogen) atoms. The van der Waals surface area contributed by atoms with Crippen molar-refractivity contribution >= 4 is 56.7 Å². The lowest BCUT2D eigenvalue weighted by molar-refractivity contribution is 0.0984. The number of nitrogens with one attached hydrogen (secondary N) is 2. The van der Waals surface area contributed by atoms with E-state index >= 15 is 0 Å². The van der Waals surface area contributed by atoms with Crippen LogP contribution >= 0.6 is 11.6 Å². The SMILES string of the molecule is COc1cc2cc(C(=O)N3CC(CCl)c4c3cc(NC(=O)O)c3ccccc43)[nH]c2c(OC)c1OC. The van der Waals surface area contributed by atoms with Gasteiger partial charge in [0.25, 0.3) is 5.91 Å². The van der Waals surface area contributed by atoms with Crippen LogP contribution in [0, 0.1) is 0 Å². The molecule has 0 bridgehead atoms. The van der Waals surface area contributed by atoms with Crippen LogP contribution in [-0.4, -0.2) is 55.8 Å². The van der Waals surface area contributed by atoms with Crippen molar-refractivity contribution in [2.24, 2.45) is 0 Å². The van der Waals surface area contributed by atoms with Crippen LogP contribution < -0.4 is 24.4 Å². The van der Waals surface area contributed by atoms with Gasteiger partial charge in [0.1, 0.15) is 5.69 Å². The normalized spacial score (nSPS) is 14.7. The molecule has 1 aliphatic rings. The Hall–Kier alpha value is -4.11. The number of anilines is 2. The summed E-state index contributed by atoms with van der Waals surface area (Å²) in [4.78, 5) is 30.1. The van der Waals surface area contributed by atoms with Gasteiger partial charge in [-0.3, -0.25) is 10.1 Å². The summed E-state index contributed by atoms with van der Waals surface area (Å²) in [6.07, 6.45) is -1.18. The predicted octanol–water partition coefficient (Wildman–Crippen LogP) is 5.42. The van der Waals surface area contributed by atoms with E-state index in [0.29, 0.717) is 57.6 Å². The van der Waals surface area contributed by atoms with E-state index in [4.69, 9.17) is 25.8 Å². The average Bonchev–Trinajstić information content (AvgIpc) is 3.48. The number of hydrogen-bond acceptors (Lipinski definition) is 5. The van der Waals surface area contributed by atoms with Crippen LogP contribution in [0.4, 0.5) is 16.2 Å². The van der Waals surface area contributed by atoms with Gasteiger partial charge in [-0.25, -0.2) is 4.79 Å². The van der Waals surface area contributed by atoms with E-state index in [1.54, 1.807) is 23.1 Å². The number of fused-ring (bicyclic) bond motifs is 4. The van der Waals surface area contributed by atoms with Crippen LogP contribution in [0.15, 0.2) is 42.5 Å². The van der Waals surface area contributed by atoms with Crippen LogP contribution in [0.5, 0.6) is 17.2 Å². The Bertz CT molecular complexity index is 1520. The first-order valence-corrected chi connectivity index (χ1v) is 11.7. The average molecular weight is 510 g/mol. The lowest BCUT2D eigenvalue weighted by atomic mass is 9.95. The third kappa shape index (κ3) is 3.63. The van der Waals surface area contributed by atoms with E-state index in [1.807, 2.05) is 24.3 Å². The summed E-state index contributed by atoms with van der Waals surface area (Å²) in [6, 6.07) is 12.7. The highest BCUT2D eigenvalue weighted by molar-refractivity contribution is 6.20. The molecule has 1 unspecified atom stereocenters. The first kappa shape index (κ1) is 23.6. The molecule has 186 valence electrons. The van der Waals surface area contributed by atoms with Gasteiger partial charge in [-0.15, -0.1) is 11.6 Å². The van der Waals surface area contributed by atoms with Gasteiger partial charge >= 0.3 is 6.09 Å². The van der Waals surface area contributed by atoms with E-state index in [2.05, 4.69) is 10.3 Å². The molecular formula is C26H24ClN3O6. The summed E-state index contributed by atoms with van der Waals surface area (Å²) in [6.45, 7) is 0.358. The summed E-state index contributed by atoms with van der Waals surface area (Å²) in [7, 11) is 4.56. The maximum Gasteiger partial charge on any atom is 0.409 e. The van der Waals surface area contributed by atoms with Gasteiger partial charge < -0.3 is 29.2 Å². The second-order valence-electron chi connectivity index (χ2n) is 8.39. The Balaban J connectivity index is 1.66. The molecule has 10 heteroatoms. The quantitative estimate of drug-likeness (QED) is 0.299. The number of rotatable bonds is 6. The van der Waals surface area contributed by atoms with Crippen LogP contribution in [-0.2, 0) is 0 Å². The molecule has 3 aromatic carbocycles. The van der Waals surface area contributed by atoms with Crippen LogP contribution in [0.1, 0.15) is 22.0 Å². The second-order valence-corrected chi connectivity index (χ2v) is 8.70. The number of ether oxygens (including phenoxy) is 3. The summed E-state index contributed by atoms with van der Waals surface area (Å²) in [5.74, 6) is 1.22. The molecule has 3 N–H and O–H groups in total. The molecule has 1 aromatic heterocycles. The number of aromatic amines is 1. The minimum absolute atomic E-state index is 0.117. The number of nitrogens with zero attached hydrogens (tertiary/aromatic N) is 1. The Morgan fingerprint density at radius 1 is 1.08 bits per heavy atom. The van der Waals surface area contributed by atoms with Gasteiger partial charge in [0.15, 0.2) is 11.5 Å². The minimum Gasteiger partial charge on any atom is -0.493 e. The molecule has 5 rings (SSSR count). The molecular weight excluding hydrogens is 486 g/mol. The number of amides is 2. The van der Waals surface area contributed by atoms with Crippen molar-refractivity contribution in [2.45, 2.75) is 5.92 Å². The van der Waals surface area contributed by atoms with Crippen molar-refractivity contribution in [2.75, 3.05) is 44.0 Å². The van der Waals surface area contributed by atoms with Crippen molar-refractivity contribution < 1.29 is 28.9 Å². The number of alkyl halides is 1. The molecule has 0 fully saturated rings. The van der Waals surface area contributed by atoms with Gasteiger partial charge in [-0.2, -0.15) is 0 Å². The number of halogens is 1. The van der Waals surface area contributed by atoms with Crippen LogP contribution in [0.25, 0.3) is 21.7 Å². The Kier molecular flexibility index (Phi) is 6.01. The third-order valence-electron chi connectivity index (χ3n) is 6.49. The molecule has 0 aliphatic carbocycles. The van der Waals surface area contributed by atoms with Crippen LogP contribution in [0.3, 0.4) is 0 Å². The molecule has 1 aliphatic heterocycles. The summed E-state index contributed by atoms with van der Waals surface area (Å²) < 4.78 is 16.5. The largest absolute Gasteiger partial charge is 0.493 e. The standard InChI is InChI=1S/C26H24ClN3O6/c1-34-20-9-13-8-18(28-22(13)24(36-3)23(20)35-2)25(31)30-12-14(11-27)21-16-7-5-4-6-15(16)17(10-19(21)30)29-26(32)33/h4-10,14,28-29H,11-12H2,1-3H3,(H,32,33). The molecule has 2 heterocycles. The van der Waals surface area contributed by atoms with Gasteiger partial charge in [-0.05, 0) is 29.1 Å². The smallest absolute Gasteiger partial charge is 0.409 e. The molecule has 0 radical (unpaired) electrons. The fourth-order valence-corrected chi connectivity index (χ4v) is 5.24. The van der Waals surface area contributed by atoms with Gasteiger partial charge in [-0.1, -0.05) is 24.3 Å². The molecule has 0 saturated heterocycles. The molecule has 4 aromatic rings. The number of carbonyl (C=O) groups excluding carboxylic acids is 1. The fraction of sp³-hybridized carbons (Fsp3) is 0.231. The number of H-pyrrole nitrogens is 1. The molecule has 0 spiro atoms. The van der Waals surface area contributed by atoms with Crippen molar-refractivity contribution in [1.29, 1.82) is 0 Å². The van der Waals surface area contributed by atoms with E-state index in [0.717, 1.165) is 16.3 Å². The van der Waals surface area contributed by atoms with Gasteiger partial charge in [0.05, 0.1) is 38.2 Å².